The second-order valence-electron chi connectivity index (χ2n) is 4.78. The van der Waals surface area contributed by atoms with E-state index < -0.39 is 0 Å². The van der Waals surface area contributed by atoms with Crippen molar-refractivity contribution in [2.75, 3.05) is 0 Å². The topological polar surface area (TPSA) is 47.7 Å². The average Bonchev–Trinajstić information content (AvgIpc) is 2.29. The molecule has 2 heteroatoms. The van der Waals surface area contributed by atoms with Crippen LogP contribution in [0, 0.1) is 10.8 Å². The van der Waals surface area contributed by atoms with Gasteiger partial charge in [-0.2, -0.15) is 0 Å². The third-order valence-electron chi connectivity index (χ3n) is 2.91. The van der Waals surface area contributed by atoms with Crippen LogP contribution in [-0.2, 0) is 0 Å². The minimum absolute atomic E-state index is 0.570. The molecule has 0 saturated heterocycles. The van der Waals surface area contributed by atoms with Gasteiger partial charge in [-0.3, -0.25) is 0 Å². The van der Waals surface area contributed by atoms with Crippen LogP contribution in [0.4, 0.5) is 0 Å². The van der Waals surface area contributed by atoms with Crippen molar-refractivity contribution in [3.63, 3.8) is 0 Å². The largest absolute Gasteiger partial charge is 0.308 e. The van der Waals surface area contributed by atoms with Crippen LogP contribution in [0.15, 0.2) is 46.1 Å². The highest BCUT2D eigenvalue weighted by atomic mass is 14.4. The third kappa shape index (κ3) is 5.21. The van der Waals surface area contributed by atoms with Gasteiger partial charge in [-0.15, -0.1) is 0 Å². The van der Waals surface area contributed by atoms with E-state index in [1.807, 2.05) is 33.8 Å². The lowest BCUT2D eigenvalue weighted by atomic mass is 9.95. The van der Waals surface area contributed by atoms with Crippen molar-refractivity contribution in [3.8, 4) is 0 Å². The molecule has 0 aromatic rings. The first kappa shape index (κ1) is 17.3. The molecule has 0 aromatic carbocycles. The minimum atomic E-state index is 0.570. The van der Waals surface area contributed by atoms with Gasteiger partial charge >= 0.3 is 0 Å². The van der Waals surface area contributed by atoms with Crippen molar-refractivity contribution in [1.82, 2.24) is 0 Å². The Hall–Kier alpha value is -1.70. The SMILES string of the molecule is C\C=C(C(C)=N)/C(C)=C\C(=C\CC)C(C=N)=C(C)C. The predicted octanol–water partition coefficient (Wildman–Crippen LogP) is 5.24. The molecule has 0 radical (unpaired) electrons. The highest BCUT2D eigenvalue weighted by Gasteiger charge is 2.06. The summed E-state index contributed by atoms with van der Waals surface area (Å²) in [6, 6.07) is 0. The molecule has 0 saturated carbocycles. The van der Waals surface area contributed by atoms with Crippen LogP contribution in [0.3, 0.4) is 0 Å². The molecular weight excluding hydrogens is 232 g/mol. The molecule has 0 heterocycles. The molecule has 0 aliphatic heterocycles. The molecule has 0 fully saturated rings. The van der Waals surface area contributed by atoms with Crippen LogP contribution in [0.2, 0.25) is 0 Å². The van der Waals surface area contributed by atoms with Gasteiger partial charge in [-0.05, 0) is 63.3 Å². The standard InChI is InChI=1S/C17H26N2/c1-7-9-15(17(11-18)12(3)4)10-13(5)16(8-2)14(6)19/h8-11,18-19H,7H2,1-6H3/b13-10-,15-9-,16-8+,18-11?,19-14?. The van der Waals surface area contributed by atoms with Crippen molar-refractivity contribution in [1.29, 1.82) is 10.8 Å². The molecule has 0 bridgehead atoms. The van der Waals surface area contributed by atoms with Crippen molar-refractivity contribution in [2.24, 2.45) is 0 Å². The molecule has 0 aliphatic rings. The zero-order chi connectivity index (χ0) is 15.0. The van der Waals surface area contributed by atoms with Crippen LogP contribution in [0.25, 0.3) is 0 Å². The predicted molar refractivity (Wildman–Crippen MR) is 86.4 cm³/mol. The fourth-order valence-electron chi connectivity index (χ4n) is 2.03. The van der Waals surface area contributed by atoms with Crippen LogP contribution in [0.1, 0.15) is 48.0 Å². The molecule has 0 atom stereocenters. The first-order chi connectivity index (χ1) is 8.88. The molecule has 0 aromatic heterocycles. The normalized spacial score (nSPS) is 13.3. The zero-order valence-electron chi connectivity index (χ0n) is 13.0. The molecule has 19 heavy (non-hydrogen) atoms. The van der Waals surface area contributed by atoms with E-state index in [4.69, 9.17) is 10.8 Å². The monoisotopic (exact) mass is 258 g/mol. The lowest BCUT2D eigenvalue weighted by Gasteiger charge is -2.10. The number of hydrogen-bond acceptors (Lipinski definition) is 2. The van der Waals surface area contributed by atoms with Gasteiger partial charge < -0.3 is 10.8 Å². The van der Waals surface area contributed by atoms with Crippen molar-refractivity contribution in [3.05, 3.63) is 46.1 Å². The summed E-state index contributed by atoms with van der Waals surface area (Å²) >= 11 is 0. The van der Waals surface area contributed by atoms with E-state index in [9.17, 15) is 0 Å². The van der Waals surface area contributed by atoms with Gasteiger partial charge in [0.25, 0.3) is 0 Å². The van der Waals surface area contributed by atoms with E-state index in [-0.39, 0.29) is 0 Å². The van der Waals surface area contributed by atoms with E-state index in [0.717, 1.165) is 34.3 Å². The van der Waals surface area contributed by atoms with E-state index in [0.29, 0.717) is 5.71 Å². The summed E-state index contributed by atoms with van der Waals surface area (Å²) in [7, 11) is 0. The summed E-state index contributed by atoms with van der Waals surface area (Å²) in [5, 5.41) is 15.3. The van der Waals surface area contributed by atoms with Crippen LogP contribution >= 0.6 is 0 Å². The quantitative estimate of drug-likeness (QED) is 0.483. The Morgan fingerprint density at radius 1 is 1.11 bits per heavy atom. The zero-order valence-corrected chi connectivity index (χ0v) is 13.0. The maximum atomic E-state index is 7.78. The first-order valence-electron chi connectivity index (χ1n) is 6.67. The number of hydrogen-bond donors (Lipinski definition) is 2. The van der Waals surface area contributed by atoms with Gasteiger partial charge in [0.05, 0.1) is 0 Å². The van der Waals surface area contributed by atoms with Crippen LogP contribution in [-0.4, -0.2) is 11.9 Å². The molecular formula is C17H26N2. The van der Waals surface area contributed by atoms with Gasteiger partial charge in [0, 0.05) is 11.9 Å². The maximum Gasteiger partial charge on any atom is 0.0354 e. The molecule has 0 spiro atoms. The molecule has 2 nitrogen and oxygen atoms in total. The van der Waals surface area contributed by atoms with E-state index in [1.165, 1.54) is 6.21 Å². The fraction of sp³-hybridized carbons (Fsp3) is 0.412. The number of nitrogens with one attached hydrogen (secondary N) is 2. The van der Waals surface area contributed by atoms with Gasteiger partial charge in [0.1, 0.15) is 0 Å². The Kier molecular flexibility index (Phi) is 7.66. The smallest absolute Gasteiger partial charge is 0.0354 e. The van der Waals surface area contributed by atoms with Crippen molar-refractivity contribution >= 4 is 11.9 Å². The minimum Gasteiger partial charge on any atom is -0.308 e. The van der Waals surface area contributed by atoms with Gasteiger partial charge in [0.15, 0.2) is 0 Å². The summed E-state index contributed by atoms with van der Waals surface area (Å²) in [5.74, 6) is 0. The number of allylic oxidation sites excluding steroid dienone is 8. The first-order valence-corrected chi connectivity index (χ1v) is 6.67. The Bertz CT molecular complexity index is 467. The van der Waals surface area contributed by atoms with Crippen LogP contribution < -0.4 is 0 Å². The van der Waals surface area contributed by atoms with E-state index >= 15 is 0 Å². The van der Waals surface area contributed by atoms with Crippen molar-refractivity contribution in [2.45, 2.75) is 48.0 Å². The highest BCUT2D eigenvalue weighted by Crippen LogP contribution is 2.20. The van der Waals surface area contributed by atoms with Gasteiger partial charge in [-0.25, -0.2) is 0 Å². The third-order valence-corrected chi connectivity index (χ3v) is 2.91. The van der Waals surface area contributed by atoms with Crippen LogP contribution in [0.5, 0.6) is 0 Å². The van der Waals surface area contributed by atoms with Gasteiger partial charge in [0.2, 0.25) is 0 Å². The Labute approximate surface area is 117 Å². The summed E-state index contributed by atoms with van der Waals surface area (Å²) in [5.41, 5.74) is 5.75. The lowest BCUT2D eigenvalue weighted by molar-refractivity contribution is 1.19. The molecule has 0 aliphatic carbocycles. The molecule has 0 unspecified atom stereocenters. The Balaban J connectivity index is 5.74. The highest BCUT2D eigenvalue weighted by molar-refractivity contribution is 6.00. The summed E-state index contributed by atoms with van der Waals surface area (Å²) in [6.07, 6.45) is 8.50. The second kappa shape index (κ2) is 8.41. The van der Waals surface area contributed by atoms with Gasteiger partial charge in [-0.1, -0.05) is 30.7 Å². The Morgan fingerprint density at radius 2 is 1.68 bits per heavy atom. The number of rotatable bonds is 6. The molecule has 2 N–H and O–H groups in total. The lowest BCUT2D eigenvalue weighted by Crippen LogP contribution is -1.99. The maximum absolute atomic E-state index is 7.78. The summed E-state index contributed by atoms with van der Waals surface area (Å²) in [4.78, 5) is 0. The van der Waals surface area contributed by atoms with Crippen molar-refractivity contribution < 1.29 is 0 Å². The summed E-state index contributed by atoms with van der Waals surface area (Å²) < 4.78 is 0. The van der Waals surface area contributed by atoms with E-state index in [2.05, 4.69) is 19.1 Å². The molecule has 0 amide bonds. The molecule has 0 rings (SSSR count). The molecule has 104 valence electrons. The van der Waals surface area contributed by atoms with E-state index in [1.54, 1.807) is 6.92 Å². The average molecular weight is 258 g/mol. The fourth-order valence-corrected chi connectivity index (χ4v) is 2.03. The Morgan fingerprint density at radius 3 is 2.00 bits per heavy atom. The summed E-state index contributed by atoms with van der Waals surface area (Å²) in [6.45, 7) is 11.9. The second-order valence-corrected chi connectivity index (χ2v) is 4.78.